The molecule has 0 atom stereocenters. The van der Waals surface area contributed by atoms with Crippen LogP contribution < -0.4 is 11.1 Å². The van der Waals surface area contributed by atoms with Crippen molar-refractivity contribution in [1.82, 2.24) is 5.32 Å². The summed E-state index contributed by atoms with van der Waals surface area (Å²) in [6.45, 7) is 0. The minimum Gasteiger partial charge on any atom is -0.466 e. The van der Waals surface area contributed by atoms with Crippen LogP contribution in [0.1, 0.15) is 0 Å². The van der Waals surface area contributed by atoms with Crippen LogP contribution in [0.3, 0.4) is 0 Å². The van der Waals surface area contributed by atoms with Gasteiger partial charge in [0.2, 0.25) is 0 Å². The predicted octanol–water partition coefficient (Wildman–Crippen LogP) is -1.09. The first-order valence-electron chi connectivity index (χ1n) is 2.92. The lowest BCUT2D eigenvalue weighted by Gasteiger charge is -1.92. The summed E-state index contributed by atoms with van der Waals surface area (Å²) in [7, 11) is 1.17. The second kappa shape index (κ2) is 4.89. The Labute approximate surface area is 68.4 Å². The van der Waals surface area contributed by atoms with Crippen LogP contribution in [-0.2, 0) is 14.3 Å². The number of methoxy groups -OCH3 is 1. The van der Waals surface area contributed by atoms with Gasteiger partial charge in [0.05, 0.1) is 7.11 Å². The van der Waals surface area contributed by atoms with Crippen LogP contribution in [0.5, 0.6) is 0 Å². The Kier molecular flexibility index (Phi) is 4.13. The van der Waals surface area contributed by atoms with E-state index in [0.717, 1.165) is 12.2 Å². The number of esters is 1. The molecular formula is C6H8N2O4. The number of carbonyl (C=O) groups excluding carboxylic acids is 3. The summed E-state index contributed by atoms with van der Waals surface area (Å²) in [5.41, 5.74) is 4.61. The zero-order chi connectivity index (χ0) is 9.56. The lowest BCUT2D eigenvalue weighted by atomic mass is 10.5. The normalized spacial score (nSPS) is 9.42. The number of nitrogens with one attached hydrogen (secondary N) is 1. The molecule has 3 amide bonds. The van der Waals surface area contributed by atoms with E-state index in [9.17, 15) is 14.4 Å². The maximum absolute atomic E-state index is 10.6. The number of hydrogen-bond acceptors (Lipinski definition) is 4. The van der Waals surface area contributed by atoms with Crippen LogP contribution in [0.15, 0.2) is 12.2 Å². The molecule has 0 aliphatic heterocycles. The second-order valence-corrected chi connectivity index (χ2v) is 1.71. The molecule has 0 saturated carbocycles. The molecule has 6 nitrogen and oxygen atoms in total. The number of carbonyl (C=O) groups is 3. The molecule has 0 unspecified atom stereocenters. The van der Waals surface area contributed by atoms with Crippen molar-refractivity contribution in [2.24, 2.45) is 5.73 Å². The second-order valence-electron chi connectivity index (χ2n) is 1.71. The molecule has 0 spiro atoms. The Balaban J connectivity index is 3.91. The molecule has 0 aliphatic carbocycles. The third-order valence-corrected chi connectivity index (χ3v) is 0.818. The summed E-state index contributed by atoms with van der Waals surface area (Å²) in [5.74, 6) is -1.46. The van der Waals surface area contributed by atoms with Crippen LogP contribution in [0.25, 0.3) is 0 Å². The number of hydrogen-bond donors (Lipinski definition) is 2. The fraction of sp³-hybridized carbons (Fsp3) is 0.167. The summed E-state index contributed by atoms with van der Waals surface area (Å²) >= 11 is 0. The van der Waals surface area contributed by atoms with Crippen molar-refractivity contribution in [1.29, 1.82) is 0 Å². The van der Waals surface area contributed by atoms with Crippen LogP contribution in [0, 0.1) is 0 Å². The summed E-state index contributed by atoms with van der Waals surface area (Å²) in [5, 5.41) is 1.73. The van der Waals surface area contributed by atoms with Gasteiger partial charge in [0.15, 0.2) is 0 Å². The quantitative estimate of drug-likeness (QED) is 0.408. The number of ether oxygens (including phenoxy) is 1. The summed E-state index contributed by atoms with van der Waals surface area (Å²) in [6.07, 6.45) is 1.72. The van der Waals surface area contributed by atoms with Crippen molar-refractivity contribution in [3.63, 3.8) is 0 Å². The van der Waals surface area contributed by atoms with Crippen molar-refractivity contribution < 1.29 is 19.1 Å². The van der Waals surface area contributed by atoms with Crippen molar-refractivity contribution in [3.05, 3.63) is 12.2 Å². The van der Waals surface area contributed by atoms with Crippen molar-refractivity contribution in [3.8, 4) is 0 Å². The highest BCUT2D eigenvalue weighted by atomic mass is 16.5. The number of urea groups is 1. The van der Waals surface area contributed by atoms with Gasteiger partial charge >= 0.3 is 12.0 Å². The summed E-state index contributed by atoms with van der Waals surface area (Å²) < 4.78 is 4.18. The Morgan fingerprint density at radius 1 is 1.33 bits per heavy atom. The Morgan fingerprint density at radius 3 is 2.33 bits per heavy atom. The number of primary amides is 1. The van der Waals surface area contributed by atoms with Gasteiger partial charge in [0, 0.05) is 12.2 Å². The molecule has 0 bridgehead atoms. The average Bonchev–Trinajstić information content (AvgIpc) is 1.99. The molecule has 0 rings (SSSR count). The van der Waals surface area contributed by atoms with E-state index in [1.54, 1.807) is 5.32 Å². The minimum atomic E-state index is -0.977. The number of rotatable bonds is 2. The maximum atomic E-state index is 10.6. The molecule has 0 aliphatic rings. The molecule has 0 radical (unpaired) electrons. The molecule has 12 heavy (non-hydrogen) atoms. The van der Waals surface area contributed by atoms with E-state index in [2.05, 4.69) is 10.5 Å². The highest BCUT2D eigenvalue weighted by molar-refractivity contribution is 6.02. The van der Waals surface area contributed by atoms with Gasteiger partial charge in [-0.25, -0.2) is 9.59 Å². The van der Waals surface area contributed by atoms with Crippen LogP contribution in [0.4, 0.5) is 4.79 Å². The van der Waals surface area contributed by atoms with Gasteiger partial charge in [0.25, 0.3) is 5.91 Å². The molecule has 0 aromatic heterocycles. The smallest absolute Gasteiger partial charge is 0.330 e. The fourth-order valence-electron chi connectivity index (χ4n) is 0.375. The van der Waals surface area contributed by atoms with Crippen molar-refractivity contribution >= 4 is 17.9 Å². The molecule has 66 valence electrons. The molecule has 0 heterocycles. The van der Waals surface area contributed by atoms with Gasteiger partial charge < -0.3 is 10.5 Å². The summed E-state index contributed by atoms with van der Waals surface area (Å²) in [6, 6.07) is -0.977. The van der Waals surface area contributed by atoms with E-state index in [4.69, 9.17) is 0 Å². The minimum absolute atomic E-state index is 0.686. The van der Waals surface area contributed by atoms with Crippen LogP contribution in [0.2, 0.25) is 0 Å². The number of nitrogens with two attached hydrogens (primary N) is 1. The van der Waals surface area contributed by atoms with E-state index in [1.807, 2.05) is 0 Å². The third kappa shape index (κ3) is 4.98. The molecule has 0 aromatic rings. The zero-order valence-corrected chi connectivity index (χ0v) is 6.37. The van der Waals surface area contributed by atoms with Crippen molar-refractivity contribution in [2.75, 3.05) is 7.11 Å². The highest BCUT2D eigenvalue weighted by Gasteiger charge is 1.99. The first-order valence-corrected chi connectivity index (χ1v) is 2.92. The van der Waals surface area contributed by atoms with Gasteiger partial charge in [-0.1, -0.05) is 0 Å². The van der Waals surface area contributed by atoms with Gasteiger partial charge in [-0.05, 0) is 0 Å². The SMILES string of the molecule is COC(=O)/C=C\C(=O)NC(N)=O. The monoisotopic (exact) mass is 172 g/mol. The lowest BCUT2D eigenvalue weighted by Crippen LogP contribution is -2.33. The molecule has 3 N–H and O–H groups in total. The van der Waals surface area contributed by atoms with Gasteiger partial charge in [-0.15, -0.1) is 0 Å². The van der Waals surface area contributed by atoms with E-state index in [0.29, 0.717) is 0 Å². The van der Waals surface area contributed by atoms with E-state index < -0.39 is 17.9 Å². The van der Waals surface area contributed by atoms with Crippen molar-refractivity contribution in [2.45, 2.75) is 0 Å². The number of amides is 3. The maximum Gasteiger partial charge on any atom is 0.330 e. The molecule has 6 heteroatoms. The third-order valence-electron chi connectivity index (χ3n) is 0.818. The highest BCUT2D eigenvalue weighted by Crippen LogP contribution is 1.77. The topological polar surface area (TPSA) is 98.5 Å². The van der Waals surface area contributed by atoms with Gasteiger partial charge in [-0.3, -0.25) is 10.1 Å². The molecular weight excluding hydrogens is 164 g/mol. The van der Waals surface area contributed by atoms with Crippen LogP contribution in [-0.4, -0.2) is 25.0 Å². The number of imide groups is 1. The van der Waals surface area contributed by atoms with Gasteiger partial charge in [0.1, 0.15) is 0 Å². The fourth-order valence-corrected chi connectivity index (χ4v) is 0.375. The van der Waals surface area contributed by atoms with E-state index >= 15 is 0 Å². The predicted molar refractivity (Wildman–Crippen MR) is 38.9 cm³/mol. The molecule has 0 saturated heterocycles. The largest absolute Gasteiger partial charge is 0.466 e. The Bertz CT molecular complexity index is 234. The van der Waals surface area contributed by atoms with E-state index in [-0.39, 0.29) is 0 Å². The first-order chi connectivity index (χ1) is 5.56. The lowest BCUT2D eigenvalue weighted by molar-refractivity contribution is -0.135. The first kappa shape index (κ1) is 10.2. The van der Waals surface area contributed by atoms with Crippen LogP contribution >= 0.6 is 0 Å². The zero-order valence-electron chi connectivity index (χ0n) is 6.37. The van der Waals surface area contributed by atoms with E-state index in [1.165, 1.54) is 7.11 Å². The van der Waals surface area contributed by atoms with Gasteiger partial charge in [-0.2, -0.15) is 0 Å². The Morgan fingerprint density at radius 2 is 1.92 bits per heavy atom. The average molecular weight is 172 g/mol. The molecule has 0 aromatic carbocycles. The Hall–Kier alpha value is -1.85. The standard InChI is InChI=1S/C6H8N2O4/c1-12-5(10)3-2-4(9)8-6(7)11/h2-3H,1H3,(H3,7,8,9,11)/b3-2-. The summed E-state index contributed by atoms with van der Waals surface area (Å²) in [4.78, 5) is 31.0. The molecule has 0 fully saturated rings.